The Bertz CT molecular complexity index is 220. The maximum Gasteiger partial charge on any atom is 0.141 e. The van der Waals surface area contributed by atoms with Gasteiger partial charge in [-0.25, -0.2) is 0 Å². The number of carbonyl (C=O) groups excluding carboxylic acids is 1. The lowest BCUT2D eigenvalue weighted by Gasteiger charge is -1.93. The largest absolute Gasteiger partial charge is 0.303 e. The first-order valence-corrected chi connectivity index (χ1v) is 2.97. The van der Waals surface area contributed by atoms with Crippen molar-refractivity contribution < 1.29 is 4.79 Å². The lowest BCUT2D eigenvalue weighted by molar-refractivity contribution is -0.107. The van der Waals surface area contributed by atoms with E-state index >= 15 is 0 Å². The first-order valence-electron chi connectivity index (χ1n) is 2.97. The van der Waals surface area contributed by atoms with Crippen LogP contribution >= 0.6 is 0 Å². The number of aldehydes is 1. The van der Waals surface area contributed by atoms with Crippen molar-refractivity contribution in [2.45, 2.75) is 6.42 Å². The molecule has 10 heavy (non-hydrogen) atoms. The molecule has 1 aromatic heterocycles. The molecule has 0 atom stereocenters. The Hall–Kier alpha value is -1.12. The Morgan fingerprint density at radius 2 is 2.40 bits per heavy atom. The van der Waals surface area contributed by atoms with E-state index in [-0.39, 0.29) is 0 Å². The van der Waals surface area contributed by atoms with Gasteiger partial charge in [-0.2, -0.15) is 0 Å². The summed E-state index contributed by atoms with van der Waals surface area (Å²) in [5.41, 5.74) is 1.37. The molecule has 0 aliphatic heterocycles. The van der Waals surface area contributed by atoms with E-state index in [0.717, 1.165) is 11.8 Å². The molecule has 0 amide bonds. The molecular weight excluding hydrogens is 125 g/mol. The summed E-state index contributed by atoms with van der Waals surface area (Å²) in [5.74, 6) is 0. The van der Waals surface area contributed by atoms with Crippen LogP contribution in [-0.2, 0) is 11.2 Å². The molecule has 0 spiro atoms. The second-order valence-corrected chi connectivity index (χ2v) is 1.96. The normalized spacial score (nSPS) is 9.20. The minimum absolute atomic E-state index is 0.410. The number of hydrogen-bond acceptors (Lipinski definition) is 2. The van der Waals surface area contributed by atoms with Gasteiger partial charge in [-0.3, -0.25) is 4.98 Å². The van der Waals surface area contributed by atoms with Crippen molar-refractivity contribution in [1.82, 2.24) is 4.98 Å². The highest BCUT2D eigenvalue weighted by Gasteiger charge is 1.89. The molecule has 1 rings (SSSR count). The third-order valence-corrected chi connectivity index (χ3v) is 1.17. The average molecular weight is 131 g/mol. The van der Waals surface area contributed by atoms with Crippen LogP contribution in [0.1, 0.15) is 5.56 Å². The van der Waals surface area contributed by atoms with Crippen LogP contribution in [0.4, 0.5) is 0 Å². The average Bonchev–Trinajstić information content (AvgIpc) is 1.95. The van der Waals surface area contributed by atoms with Crippen molar-refractivity contribution in [2.75, 3.05) is 0 Å². The van der Waals surface area contributed by atoms with Gasteiger partial charge in [0.1, 0.15) is 14.1 Å². The predicted octanol–water partition coefficient (Wildman–Crippen LogP) is -0.383. The Morgan fingerprint density at radius 3 is 2.90 bits per heavy atom. The number of pyridine rings is 1. The van der Waals surface area contributed by atoms with Crippen LogP contribution in [0, 0.1) is 0 Å². The fourth-order valence-electron chi connectivity index (χ4n) is 0.653. The molecule has 0 N–H and O–H groups in total. The van der Waals surface area contributed by atoms with E-state index in [1.54, 1.807) is 18.3 Å². The van der Waals surface area contributed by atoms with E-state index < -0.39 is 0 Å². The molecule has 0 saturated carbocycles. The van der Waals surface area contributed by atoms with Gasteiger partial charge >= 0.3 is 0 Å². The van der Waals surface area contributed by atoms with E-state index in [0.29, 0.717) is 12.0 Å². The van der Waals surface area contributed by atoms with Crippen LogP contribution in [0.15, 0.2) is 18.3 Å². The smallest absolute Gasteiger partial charge is 0.141 e. The van der Waals surface area contributed by atoms with E-state index in [1.807, 2.05) is 0 Å². The van der Waals surface area contributed by atoms with Crippen LogP contribution in [0.5, 0.6) is 0 Å². The van der Waals surface area contributed by atoms with E-state index in [4.69, 9.17) is 7.85 Å². The molecule has 48 valence electrons. The van der Waals surface area contributed by atoms with Gasteiger partial charge in [0.15, 0.2) is 0 Å². The number of hydrogen-bond donors (Lipinski definition) is 0. The molecule has 2 nitrogen and oxygen atoms in total. The molecular formula is C7H6BNO. The maximum atomic E-state index is 10.0. The number of nitrogens with zero attached hydrogens (tertiary/aromatic N) is 1. The zero-order chi connectivity index (χ0) is 7.40. The summed E-state index contributed by atoms with van der Waals surface area (Å²) in [4.78, 5) is 13.8. The van der Waals surface area contributed by atoms with Crippen molar-refractivity contribution in [3.8, 4) is 0 Å². The van der Waals surface area contributed by atoms with Crippen LogP contribution in [0.3, 0.4) is 0 Å². The lowest BCUT2D eigenvalue weighted by atomic mass is 10.0. The zero-order valence-corrected chi connectivity index (χ0v) is 5.45. The molecule has 0 saturated heterocycles. The molecule has 0 aromatic carbocycles. The lowest BCUT2D eigenvalue weighted by Crippen LogP contribution is -2.06. The van der Waals surface area contributed by atoms with Crippen LogP contribution < -0.4 is 5.59 Å². The summed E-state index contributed by atoms with van der Waals surface area (Å²) >= 11 is 0. The van der Waals surface area contributed by atoms with Gasteiger partial charge in [-0.05, 0) is 11.2 Å². The quantitative estimate of drug-likeness (QED) is 0.404. The highest BCUT2D eigenvalue weighted by molar-refractivity contribution is 6.30. The van der Waals surface area contributed by atoms with Crippen LogP contribution in [-0.4, -0.2) is 19.1 Å². The van der Waals surface area contributed by atoms with Crippen LogP contribution in [0.2, 0.25) is 0 Å². The van der Waals surface area contributed by atoms with E-state index in [9.17, 15) is 4.79 Å². The molecule has 0 aliphatic rings. The third kappa shape index (κ3) is 1.69. The van der Waals surface area contributed by atoms with Gasteiger partial charge in [0, 0.05) is 12.6 Å². The first kappa shape index (κ1) is 7.00. The molecule has 3 heteroatoms. The SMILES string of the molecule is [B]c1ccc(CC=O)cn1. The number of aromatic nitrogens is 1. The van der Waals surface area contributed by atoms with E-state index in [1.165, 1.54) is 0 Å². The molecule has 2 radical (unpaired) electrons. The minimum Gasteiger partial charge on any atom is -0.303 e. The fourth-order valence-corrected chi connectivity index (χ4v) is 0.653. The standard InChI is InChI=1S/C7H6BNO/c8-7-2-1-6(3-4-10)5-9-7/h1-2,4-5H,3H2. The van der Waals surface area contributed by atoms with Gasteiger partial charge in [-0.1, -0.05) is 12.1 Å². The minimum atomic E-state index is 0.410. The highest BCUT2D eigenvalue weighted by atomic mass is 16.1. The van der Waals surface area contributed by atoms with Gasteiger partial charge in [-0.15, -0.1) is 0 Å². The van der Waals surface area contributed by atoms with Crippen molar-refractivity contribution in [3.63, 3.8) is 0 Å². The Morgan fingerprint density at radius 1 is 1.60 bits per heavy atom. The van der Waals surface area contributed by atoms with Crippen molar-refractivity contribution >= 4 is 19.7 Å². The summed E-state index contributed by atoms with van der Waals surface area (Å²) in [6.45, 7) is 0. The molecule has 0 bridgehead atoms. The Kier molecular flexibility index (Phi) is 2.21. The Labute approximate surface area is 60.7 Å². The van der Waals surface area contributed by atoms with Crippen LogP contribution in [0.25, 0.3) is 0 Å². The molecule has 0 fully saturated rings. The topological polar surface area (TPSA) is 30.0 Å². The van der Waals surface area contributed by atoms with Gasteiger partial charge in [0.05, 0.1) is 0 Å². The summed E-state index contributed by atoms with van der Waals surface area (Å²) < 4.78 is 0. The third-order valence-electron chi connectivity index (χ3n) is 1.17. The highest BCUT2D eigenvalue weighted by Crippen LogP contribution is 1.91. The Balaban J connectivity index is 2.78. The summed E-state index contributed by atoms with van der Waals surface area (Å²) in [6, 6.07) is 3.47. The van der Waals surface area contributed by atoms with Crippen molar-refractivity contribution in [2.24, 2.45) is 0 Å². The summed E-state index contributed by atoms with van der Waals surface area (Å²) in [6.07, 6.45) is 2.85. The molecule has 1 heterocycles. The fraction of sp³-hybridized carbons (Fsp3) is 0.143. The molecule has 1 aromatic rings. The maximum absolute atomic E-state index is 10.0. The van der Waals surface area contributed by atoms with E-state index in [2.05, 4.69) is 4.98 Å². The molecule has 0 aliphatic carbocycles. The molecule has 0 unspecified atom stereocenters. The van der Waals surface area contributed by atoms with Crippen molar-refractivity contribution in [3.05, 3.63) is 23.9 Å². The zero-order valence-electron chi connectivity index (χ0n) is 5.45. The second-order valence-electron chi connectivity index (χ2n) is 1.96. The predicted molar refractivity (Wildman–Crippen MR) is 39.4 cm³/mol. The number of carbonyl (C=O) groups is 1. The monoisotopic (exact) mass is 131 g/mol. The first-order chi connectivity index (χ1) is 4.83. The van der Waals surface area contributed by atoms with Gasteiger partial charge in [0.25, 0.3) is 0 Å². The second kappa shape index (κ2) is 3.15. The summed E-state index contributed by atoms with van der Waals surface area (Å²) in [7, 11) is 5.32. The van der Waals surface area contributed by atoms with Crippen molar-refractivity contribution in [1.29, 1.82) is 0 Å². The van der Waals surface area contributed by atoms with Gasteiger partial charge in [0.2, 0.25) is 0 Å². The van der Waals surface area contributed by atoms with Gasteiger partial charge < -0.3 is 4.79 Å². The number of rotatable bonds is 2. The summed E-state index contributed by atoms with van der Waals surface area (Å²) in [5, 5.41) is 0.